The van der Waals surface area contributed by atoms with E-state index in [9.17, 15) is 17.7 Å². The summed E-state index contributed by atoms with van der Waals surface area (Å²) in [5.41, 5.74) is 1.29. The number of halogens is 3. The van der Waals surface area contributed by atoms with E-state index >= 15 is 0 Å². The molecule has 2 aromatic carbocycles. The third kappa shape index (κ3) is 8.07. The second-order valence-corrected chi connectivity index (χ2v) is 15.7. The average molecular weight is 637 g/mol. The number of piperidine rings is 1. The van der Waals surface area contributed by atoms with E-state index in [1.54, 1.807) is 37.6 Å². The van der Waals surface area contributed by atoms with Gasteiger partial charge >= 0.3 is 6.18 Å². The Morgan fingerprint density at radius 3 is 2.60 bits per heavy atom. The zero-order valence-electron chi connectivity index (χ0n) is 27.4. The SMILES string of the molecule is [2H]C([2H])([2H])Oc1cc(P(C)(C)=O)ccc1NCC#Cc1sc2c(NC3CCN(C4CCOCC4)CC3)cccc2c1CC(F)(F)F. The van der Waals surface area contributed by atoms with Gasteiger partial charge in [0.15, 0.2) is 0 Å². The van der Waals surface area contributed by atoms with Crippen LogP contribution in [0.2, 0.25) is 0 Å². The molecule has 2 saturated heterocycles. The number of methoxy groups -OCH3 is 1. The van der Waals surface area contributed by atoms with Crippen LogP contribution in [-0.4, -0.2) is 76.4 Å². The fourth-order valence-corrected chi connectivity index (χ4v) is 7.81. The normalized spacial score (nSPS) is 18.8. The summed E-state index contributed by atoms with van der Waals surface area (Å²) in [6.07, 6.45) is -1.49. The van der Waals surface area contributed by atoms with Crippen LogP contribution < -0.4 is 20.7 Å². The molecule has 0 bridgehead atoms. The van der Waals surface area contributed by atoms with Crippen molar-refractivity contribution in [1.29, 1.82) is 0 Å². The molecule has 6 nitrogen and oxygen atoms in total. The third-order valence-electron chi connectivity index (χ3n) is 8.06. The van der Waals surface area contributed by atoms with E-state index in [-0.39, 0.29) is 23.9 Å². The van der Waals surface area contributed by atoms with Crippen LogP contribution >= 0.6 is 18.5 Å². The highest BCUT2D eigenvalue weighted by atomic mass is 32.1. The maximum atomic E-state index is 13.7. The molecule has 232 valence electrons. The van der Waals surface area contributed by atoms with Gasteiger partial charge in [0.1, 0.15) is 12.9 Å². The molecule has 0 aliphatic carbocycles. The molecule has 1 aromatic heterocycles. The number of alkyl halides is 3. The highest BCUT2D eigenvalue weighted by Crippen LogP contribution is 2.40. The average Bonchev–Trinajstić information content (AvgIpc) is 3.32. The van der Waals surface area contributed by atoms with Gasteiger partial charge in [-0.25, -0.2) is 0 Å². The van der Waals surface area contributed by atoms with Crippen molar-refractivity contribution in [1.82, 2.24) is 4.90 Å². The lowest BCUT2D eigenvalue weighted by molar-refractivity contribution is -0.126. The zero-order chi connectivity index (χ0) is 33.1. The standard InChI is InChI=1S/C32H39F3N3O3PS/c1-40-29-20-24(42(2,3)39)9-10-27(29)36-15-5-8-30-26(21-32(33,34)35)25-6-4-7-28(31(25)43-30)37-22-11-16-38(17-12-22)23-13-18-41-19-14-23/h4,6-7,9-10,20,22-23,36-37H,11-19,21H2,1-3H3/i1D3. The Labute approximate surface area is 259 Å². The summed E-state index contributed by atoms with van der Waals surface area (Å²) in [6, 6.07) is 10.8. The Balaban J connectivity index is 1.34. The Hall–Kier alpha value is -2.70. The van der Waals surface area contributed by atoms with E-state index < -0.39 is 26.8 Å². The minimum absolute atomic E-state index is 0.00263. The molecule has 2 fully saturated rings. The second kappa shape index (κ2) is 13.5. The number of hydrogen-bond acceptors (Lipinski definition) is 7. The van der Waals surface area contributed by atoms with E-state index in [2.05, 4.69) is 27.4 Å². The fourth-order valence-electron chi connectivity index (χ4n) is 5.78. The summed E-state index contributed by atoms with van der Waals surface area (Å²) in [7, 11) is -5.42. The first-order valence-corrected chi connectivity index (χ1v) is 17.9. The van der Waals surface area contributed by atoms with E-state index in [1.807, 2.05) is 6.07 Å². The maximum absolute atomic E-state index is 13.7. The quantitative estimate of drug-likeness (QED) is 0.210. The highest BCUT2D eigenvalue weighted by Gasteiger charge is 2.32. The smallest absolute Gasteiger partial charge is 0.393 e. The largest absolute Gasteiger partial charge is 0.495 e. The number of likely N-dealkylation sites (tertiary alicyclic amines) is 1. The lowest BCUT2D eigenvalue weighted by Crippen LogP contribution is -2.46. The lowest BCUT2D eigenvalue weighted by Gasteiger charge is -2.39. The van der Waals surface area contributed by atoms with Crippen LogP contribution in [0.5, 0.6) is 5.75 Å². The summed E-state index contributed by atoms with van der Waals surface area (Å²) < 4.78 is 87.6. The fraction of sp³-hybridized carbons (Fsp3) is 0.500. The Morgan fingerprint density at radius 2 is 1.91 bits per heavy atom. The molecule has 3 aromatic rings. The number of rotatable bonds is 8. The van der Waals surface area contributed by atoms with Crippen molar-refractivity contribution in [3.63, 3.8) is 0 Å². The van der Waals surface area contributed by atoms with Crippen molar-refractivity contribution in [2.75, 3.05) is 63.8 Å². The Kier molecular flexibility index (Phi) is 8.75. The summed E-state index contributed by atoms with van der Waals surface area (Å²) in [4.78, 5) is 2.87. The summed E-state index contributed by atoms with van der Waals surface area (Å²) in [5, 5.41) is 7.61. The van der Waals surface area contributed by atoms with Crippen molar-refractivity contribution < 1.29 is 31.3 Å². The molecule has 0 spiro atoms. The van der Waals surface area contributed by atoms with E-state index in [1.165, 1.54) is 17.4 Å². The minimum atomic E-state index is -4.41. The summed E-state index contributed by atoms with van der Waals surface area (Å²) in [6.45, 7) is 6.72. The number of hydrogen-bond donors (Lipinski definition) is 2. The Bertz CT molecular complexity index is 1630. The van der Waals surface area contributed by atoms with Gasteiger partial charge in [-0.05, 0) is 74.2 Å². The van der Waals surface area contributed by atoms with E-state index in [0.29, 0.717) is 27.3 Å². The van der Waals surface area contributed by atoms with E-state index in [0.717, 1.165) is 62.4 Å². The van der Waals surface area contributed by atoms with Crippen molar-refractivity contribution >= 4 is 45.2 Å². The van der Waals surface area contributed by atoms with Crippen LogP contribution in [0.3, 0.4) is 0 Å². The van der Waals surface area contributed by atoms with Gasteiger partial charge in [-0.15, -0.1) is 11.3 Å². The first-order valence-electron chi connectivity index (χ1n) is 16.0. The predicted molar refractivity (Wildman–Crippen MR) is 171 cm³/mol. The van der Waals surface area contributed by atoms with Crippen LogP contribution in [0, 0.1) is 11.8 Å². The number of nitrogens with zero attached hydrogens (tertiary/aromatic N) is 1. The molecule has 0 unspecified atom stereocenters. The first kappa shape index (κ1) is 27.8. The first-order chi connectivity index (χ1) is 21.7. The number of fused-ring (bicyclic) bond motifs is 1. The van der Waals surface area contributed by atoms with Gasteiger partial charge in [0, 0.05) is 43.7 Å². The van der Waals surface area contributed by atoms with Crippen LogP contribution in [0.1, 0.15) is 40.2 Å². The molecule has 0 amide bonds. The van der Waals surface area contributed by atoms with Gasteiger partial charge in [0.2, 0.25) is 0 Å². The molecule has 2 aliphatic heterocycles. The Morgan fingerprint density at radius 1 is 1.14 bits per heavy atom. The summed E-state index contributed by atoms with van der Waals surface area (Å²) in [5.74, 6) is 5.84. The molecule has 0 saturated carbocycles. The van der Waals surface area contributed by atoms with Gasteiger partial charge in [-0.2, -0.15) is 13.2 Å². The number of anilines is 2. The van der Waals surface area contributed by atoms with Crippen molar-refractivity contribution in [2.24, 2.45) is 0 Å². The van der Waals surface area contributed by atoms with Gasteiger partial charge in [-0.1, -0.05) is 24.0 Å². The molecular formula is C32H39F3N3O3PS. The highest BCUT2D eigenvalue weighted by molar-refractivity contribution is 7.70. The number of thiophene rings is 1. The van der Waals surface area contributed by atoms with Crippen molar-refractivity contribution in [3.8, 4) is 17.6 Å². The monoisotopic (exact) mass is 636 g/mol. The van der Waals surface area contributed by atoms with Crippen LogP contribution in [-0.2, 0) is 15.7 Å². The minimum Gasteiger partial charge on any atom is -0.495 e. The van der Waals surface area contributed by atoms with Crippen molar-refractivity contribution in [3.05, 3.63) is 46.8 Å². The van der Waals surface area contributed by atoms with Crippen LogP contribution in [0.4, 0.5) is 24.5 Å². The van der Waals surface area contributed by atoms with Crippen molar-refractivity contribution in [2.45, 2.75) is 50.4 Å². The number of ether oxygens (including phenoxy) is 2. The lowest BCUT2D eigenvalue weighted by atomic mass is 9.99. The third-order valence-corrected chi connectivity index (χ3v) is 10.8. The summed E-state index contributed by atoms with van der Waals surface area (Å²) >= 11 is 1.25. The maximum Gasteiger partial charge on any atom is 0.393 e. The molecule has 0 atom stereocenters. The van der Waals surface area contributed by atoms with Crippen LogP contribution in [0.25, 0.3) is 10.1 Å². The predicted octanol–water partition coefficient (Wildman–Crippen LogP) is 6.78. The van der Waals surface area contributed by atoms with Gasteiger partial charge < -0.3 is 29.6 Å². The van der Waals surface area contributed by atoms with Gasteiger partial charge in [0.05, 0.1) is 45.1 Å². The molecular weight excluding hydrogens is 594 g/mol. The molecule has 5 rings (SSSR count). The molecule has 3 heterocycles. The topological polar surface area (TPSA) is 62.8 Å². The zero-order valence-corrected chi connectivity index (χ0v) is 26.1. The second-order valence-electron chi connectivity index (χ2n) is 11.5. The number of benzene rings is 2. The van der Waals surface area contributed by atoms with Crippen LogP contribution in [0.15, 0.2) is 36.4 Å². The van der Waals surface area contributed by atoms with Gasteiger partial charge in [-0.3, -0.25) is 0 Å². The molecule has 0 radical (unpaired) electrons. The molecule has 2 N–H and O–H groups in total. The molecule has 11 heteroatoms. The molecule has 2 aliphatic rings. The molecule has 43 heavy (non-hydrogen) atoms. The van der Waals surface area contributed by atoms with E-state index in [4.69, 9.17) is 13.6 Å². The number of nitrogens with one attached hydrogen (secondary N) is 2. The van der Waals surface area contributed by atoms with Gasteiger partial charge in [0.25, 0.3) is 0 Å².